The van der Waals surface area contributed by atoms with Crippen molar-refractivity contribution in [2.75, 3.05) is 43.7 Å². The Morgan fingerprint density at radius 1 is 1.12 bits per heavy atom. The SMILES string of the molecule is CSc1ccc(C(=O)Nc2cc(S(=O)(=O)N3CCCCC3)ccc2N(C)C)cc1[N+](=O)[O-]. The first kappa shape index (κ1) is 24.0. The van der Waals surface area contributed by atoms with Gasteiger partial charge in [0.05, 0.1) is 26.1 Å². The molecule has 1 amide bonds. The zero-order valence-corrected chi connectivity index (χ0v) is 19.8. The Morgan fingerprint density at radius 2 is 1.81 bits per heavy atom. The normalized spacial score (nSPS) is 14.7. The lowest BCUT2D eigenvalue weighted by molar-refractivity contribution is -0.387. The van der Waals surface area contributed by atoms with Gasteiger partial charge in [-0.3, -0.25) is 14.9 Å². The molecule has 1 saturated heterocycles. The van der Waals surface area contributed by atoms with Crippen molar-refractivity contribution in [1.29, 1.82) is 0 Å². The van der Waals surface area contributed by atoms with Crippen LogP contribution in [0.1, 0.15) is 29.6 Å². The van der Waals surface area contributed by atoms with Crippen molar-refractivity contribution < 1.29 is 18.1 Å². The minimum Gasteiger partial charge on any atom is -0.376 e. The van der Waals surface area contributed by atoms with Crippen LogP contribution < -0.4 is 10.2 Å². The van der Waals surface area contributed by atoms with E-state index >= 15 is 0 Å². The number of nitro groups is 1. The fourth-order valence-corrected chi connectivity index (χ4v) is 5.68. The largest absolute Gasteiger partial charge is 0.376 e. The second-order valence-electron chi connectivity index (χ2n) is 7.64. The Kier molecular flexibility index (Phi) is 7.42. The molecule has 0 bridgehead atoms. The van der Waals surface area contributed by atoms with E-state index in [1.165, 1.54) is 46.4 Å². The first-order chi connectivity index (χ1) is 15.1. The second-order valence-corrected chi connectivity index (χ2v) is 10.4. The van der Waals surface area contributed by atoms with Gasteiger partial charge in [-0.15, -0.1) is 11.8 Å². The highest BCUT2D eigenvalue weighted by Crippen LogP contribution is 2.32. The molecule has 172 valence electrons. The van der Waals surface area contributed by atoms with Crippen LogP contribution in [0.4, 0.5) is 17.1 Å². The summed E-state index contributed by atoms with van der Waals surface area (Å²) in [5, 5.41) is 14.1. The number of nitro benzene ring substituents is 1. The lowest BCUT2D eigenvalue weighted by Crippen LogP contribution is -2.35. The average Bonchev–Trinajstić information content (AvgIpc) is 2.78. The van der Waals surface area contributed by atoms with E-state index in [-0.39, 0.29) is 16.1 Å². The van der Waals surface area contributed by atoms with Crippen LogP contribution in [0.25, 0.3) is 0 Å². The van der Waals surface area contributed by atoms with Crippen LogP contribution in [0.15, 0.2) is 46.2 Å². The van der Waals surface area contributed by atoms with Crippen LogP contribution in [-0.4, -0.2) is 57.0 Å². The highest BCUT2D eigenvalue weighted by atomic mass is 32.2. The zero-order chi connectivity index (χ0) is 23.5. The van der Waals surface area contributed by atoms with Gasteiger partial charge in [-0.2, -0.15) is 4.31 Å². The van der Waals surface area contributed by atoms with Crippen LogP contribution in [0.2, 0.25) is 0 Å². The van der Waals surface area contributed by atoms with Gasteiger partial charge in [-0.25, -0.2) is 8.42 Å². The Morgan fingerprint density at radius 3 is 2.41 bits per heavy atom. The lowest BCUT2D eigenvalue weighted by Gasteiger charge is -2.26. The molecule has 1 heterocycles. The third-order valence-electron chi connectivity index (χ3n) is 5.29. The van der Waals surface area contributed by atoms with E-state index < -0.39 is 20.9 Å². The maximum Gasteiger partial charge on any atom is 0.283 e. The summed E-state index contributed by atoms with van der Waals surface area (Å²) in [4.78, 5) is 26.0. The fraction of sp³-hybridized carbons (Fsp3) is 0.381. The number of hydrogen-bond donors (Lipinski definition) is 1. The van der Waals surface area contributed by atoms with Gasteiger partial charge in [-0.1, -0.05) is 6.42 Å². The van der Waals surface area contributed by atoms with Crippen molar-refractivity contribution in [3.8, 4) is 0 Å². The summed E-state index contributed by atoms with van der Waals surface area (Å²) >= 11 is 1.22. The maximum absolute atomic E-state index is 13.1. The Hall–Kier alpha value is -2.63. The van der Waals surface area contributed by atoms with Gasteiger partial charge < -0.3 is 10.2 Å². The Labute approximate surface area is 192 Å². The van der Waals surface area contributed by atoms with Gasteiger partial charge in [0, 0.05) is 38.8 Å². The van der Waals surface area contributed by atoms with Crippen molar-refractivity contribution in [1.82, 2.24) is 4.31 Å². The molecule has 0 radical (unpaired) electrons. The van der Waals surface area contributed by atoms with Crippen molar-refractivity contribution in [3.05, 3.63) is 52.1 Å². The Bertz CT molecular complexity index is 1130. The second kappa shape index (κ2) is 9.88. The topological polar surface area (TPSA) is 113 Å². The minimum absolute atomic E-state index is 0.101. The number of nitrogens with one attached hydrogen (secondary N) is 1. The van der Waals surface area contributed by atoms with E-state index in [0.717, 1.165) is 19.3 Å². The summed E-state index contributed by atoms with van der Waals surface area (Å²) in [6.45, 7) is 0.954. The molecule has 1 N–H and O–H groups in total. The number of carbonyl (C=O) groups excluding carboxylic acids is 1. The van der Waals surface area contributed by atoms with E-state index in [1.807, 2.05) is 0 Å². The minimum atomic E-state index is -3.68. The number of thioether (sulfide) groups is 1. The predicted octanol–water partition coefficient (Wildman–Crippen LogP) is 3.81. The molecular formula is C21H26N4O5S2. The van der Waals surface area contributed by atoms with Gasteiger partial charge in [0.2, 0.25) is 10.0 Å². The van der Waals surface area contributed by atoms with E-state index in [1.54, 1.807) is 31.3 Å². The molecule has 0 aliphatic carbocycles. The summed E-state index contributed by atoms with van der Waals surface area (Å²) in [7, 11) is -0.124. The number of amides is 1. The van der Waals surface area contributed by atoms with Crippen LogP contribution in [0, 0.1) is 10.1 Å². The van der Waals surface area contributed by atoms with Crippen LogP contribution in [0.5, 0.6) is 0 Å². The highest BCUT2D eigenvalue weighted by molar-refractivity contribution is 7.98. The summed E-state index contributed by atoms with van der Waals surface area (Å²) < 4.78 is 27.6. The smallest absolute Gasteiger partial charge is 0.283 e. The molecule has 3 rings (SSSR count). The maximum atomic E-state index is 13.1. The number of piperidine rings is 1. The molecule has 0 atom stereocenters. The quantitative estimate of drug-likeness (QED) is 0.366. The van der Waals surface area contributed by atoms with Crippen LogP contribution in [-0.2, 0) is 10.0 Å². The molecule has 32 heavy (non-hydrogen) atoms. The lowest BCUT2D eigenvalue weighted by atomic mass is 10.1. The molecule has 1 fully saturated rings. The molecule has 0 saturated carbocycles. The summed E-state index contributed by atoms with van der Waals surface area (Å²) in [6, 6.07) is 8.89. The molecule has 2 aromatic rings. The van der Waals surface area contributed by atoms with E-state index in [2.05, 4.69) is 5.32 Å². The molecule has 1 aliphatic rings. The number of hydrogen-bond acceptors (Lipinski definition) is 7. The molecule has 1 aliphatic heterocycles. The fourth-order valence-electron chi connectivity index (χ4n) is 3.59. The van der Waals surface area contributed by atoms with Gasteiger partial charge >= 0.3 is 0 Å². The third-order valence-corrected chi connectivity index (χ3v) is 7.97. The predicted molar refractivity (Wildman–Crippen MR) is 126 cm³/mol. The third kappa shape index (κ3) is 5.05. The number of benzene rings is 2. The molecule has 0 aromatic heterocycles. The summed E-state index contributed by atoms with van der Waals surface area (Å²) in [6.07, 6.45) is 4.38. The van der Waals surface area contributed by atoms with Gasteiger partial charge in [-0.05, 0) is 49.4 Å². The van der Waals surface area contributed by atoms with Crippen LogP contribution in [0.3, 0.4) is 0 Å². The number of sulfonamides is 1. The van der Waals surface area contributed by atoms with Crippen molar-refractivity contribution in [3.63, 3.8) is 0 Å². The Balaban J connectivity index is 1.96. The molecule has 9 nitrogen and oxygen atoms in total. The van der Waals surface area contributed by atoms with Crippen molar-refractivity contribution in [2.24, 2.45) is 0 Å². The molecule has 11 heteroatoms. The molecule has 0 unspecified atom stereocenters. The number of anilines is 2. The summed E-state index contributed by atoms with van der Waals surface area (Å²) in [5.74, 6) is -0.559. The monoisotopic (exact) mass is 478 g/mol. The van der Waals surface area contributed by atoms with Gasteiger partial charge in [0.15, 0.2) is 0 Å². The van der Waals surface area contributed by atoms with E-state index in [0.29, 0.717) is 29.4 Å². The first-order valence-corrected chi connectivity index (χ1v) is 12.8. The van der Waals surface area contributed by atoms with Crippen LogP contribution >= 0.6 is 11.8 Å². The van der Waals surface area contributed by atoms with E-state index in [9.17, 15) is 23.3 Å². The molecule has 0 spiro atoms. The summed E-state index contributed by atoms with van der Waals surface area (Å²) in [5.41, 5.74) is 0.892. The van der Waals surface area contributed by atoms with Crippen molar-refractivity contribution in [2.45, 2.75) is 29.1 Å². The van der Waals surface area contributed by atoms with Gasteiger partial charge in [0.1, 0.15) is 0 Å². The standard InChI is InChI=1S/C21H26N4O5S2/c1-23(2)18-9-8-16(32(29,30)24-11-5-4-6-12-24)14-17(18)22-21(26)15-7-10-20(31-3)19(13-15)25(27)28/h7-10,13-14H,4-6,11-12H2,1-3H3,(H,22,26). The first-order valence-electron chi connectivity index (χ1n) is 10.1. The number of rotatable bonds is 7. The highest BCUT2D eigenvalue weighted by Gasteiger charge is 2.27. The molecule has 2 aromatic carbocycles. The zero-order valence-electron chi connectivity index (χ0n) is 18.2. The molecular weight excluding hydrogens is 452 g/mol. The van der Waals surface area contributed by atoms with E-state index in [4.69, 9.17) is 0 Å². The van der Waals surface area contributed by atoms with Gasteiger partial charge in [0.25, 0.3) is 11.6 Å². The van der Waals surface area contributed by atoms with Crippen molar-refractivity contribution >= 4 is 44.8 Å². The average molecular weight is 479 g/mol. The number of carbonyl (C=O) groups is 1. The number of nitrogens with zero attached hydrogens (tertiary/aromatic N) is 3.